The molecule has 0 aromatic heterocycles. The third kappa shape index (κ3) is 6.22. The van der Waals surface area contributed by atoms with E-state index >= 15 is 0 Å². The Balaban J connectivity index is 0.00000324. The Kier molecular flexibility index (Phi) is 7.79. The van der Waals surface area contributed by atoms with Gasteiger partial charge in [-0.15, -0.1) is 12.4 Å². The molecule has 6 heteroatoms. The minimum atomic E-state index is -1.04. The molecule has 2 N–H and O–H groups in total. The monoisotopic (exact) mass is 286 g/mol. The van der Waals surface area contributed by atoms with Gasteiger partial charge in [0.15, 0.2) is 0 Å². The number of carbonyl (C=O) groups is 2. The van der Waals surface area contributed by atoms with Crippen LogP contribution in [-0.2, 0) is 9.59 Å². The molecule has 1 aromatic rings. The number of benzene rings is 1. The van der Waals surface area contributed by atoms with Crippen molar-refractivity contribution in [3.63, 3.8) is 0 Å². The Bertz CT molecular complexity index is 412. The van der Waals surface area contributed by atoms with E-state index in [2.05, 4.69) is 5.32 Å². The first-order valence-electron chi connectivity index (χ1n) is 5.74. The number of carboxylic acid groups (broad SMARTS) is 1. The fraction of sp³-hybridized carbons (Fsp3) is 0.385. The summed E-state index contributed by atoms with van der Waals surface area (Å²) in [6, 6.07) is 9.93. The molecule has 106 valence electrons. The van der Waals surface area contributed by atoms with Gasteiger partial charge in [0, 0.05) is 6.04 Å². The lowest BCUT2D eigenvalue weighted by Gasteiger charge is -2.24. The van der Waals surface area contributed by atoms with Crippen LogP contribution in [0.25, 0.3) is 0 Å². The first-order valence-corrected chi connectivity index (χ1v) is 5.74. The molecule has 1 amide bonds. The molecule has 0 fully saturated rings. The zero-order valence-corrected chi connectivity index (χ0v) is 11.8. The first kappa shape index (κ1) is 17.4. The lowest BCUT2D eigenvalue weighted by atomic mass is 10.1. The summed E-state index contributed by atoms with van der Waals surface area (Å²) < 4.78 is 0. The van der Waals surface area contributed by atoms with Crippen molar-refractivity contribution in [3.05, 3.63) is 35.9 Å². The van der Waals surface area contributed by atoms with E-state index in [9.17, 15) is 9.59 Å². The number of aliphatic carboxylic acids is 1. The summed E-state index contributed by atoms with van der Waals surface area (Å²) in [5, 5.41) is 10.8. The summed E-state index contributed by atoms with van der Waals surface area (Å²) in [6.45, 7) is 1.83. The molecular weight excluding hydrogens is 268 g/mol. The molecule has 0 radical (unpaired) electrons. The van der Waals surface area contributed by atoms with Crippen LogP contribution < -0.4 is 5.32 Å². The summed E-state index contributed by atoms with van der Waals surface area (Å²) in [6.07, 6.45) is 0. The van der Waals surface area contributed by atoms with Gasteiger partial charge in [0.1, 0.15) is 6.54 Å². The van der Waals surface area contributed by atoms with Gasteiger partial charge in [-0.05, 0) is 19.5 Å². The van der Waals surface area contributed by atoms with E-state index in [1.54, 1.807) is 0 Å². The largest absolute Gasteiger partial charge is 0.480 e. The van der Waals surface area contributed by atoms with E-state index in [0.29, 0.717) is 0 Å². The van der Waals surface area contributed by atoms with Gasteiger partial charge < -0.3 is 10.4 Å². The lowest BCUT2D eigenvalue weighted by Crippen LogP contribution is -2.38. The summed E-state index contributed by atoms with van der Waals surface area (Å²) in [5.41, 5.74) is 1.12. The molecule has 1 rings (SSSR count). The van der Waals surface area contributed by atoms with E-state index in [1.807, 2.05) is 49.2 Å². The van der Waals surface area contributed by atoms with E-state index in [0.717, 1.165) is 5.56 Å². The van der Waals surface area contributed by atoms with E-state index in [4.69, 9.17) is 5.11 Å². The van der Waals surface area contributed by atoms with Crippen molar-refractivity contribution in [1.29, 1.82) is 0 Å². The Hall–Kier alpha value is -1.59. The number of hydrogen-bond donors (Lipinski definition) is 2. The van der Waals surface area contributed by atoms with Crippen molar-refractivity contribution in [2.24, 2.45) is 0 Å². The van der Waals surface area contributed by atoms with Crippen molar-refractivity contribution in [1.82, 2.24) is 10.2 Å². The van der Waals surface area contributed by atoms with Crippen molar-refractivity contribution in [2.75, 3.05) is 20.1 Å². The first-order chi connectivity index (χ1) is 8.50. The van der Waals surface area contributed by atoms with Crippen LogP contribution in [-0.4, -0.2) is 42.0 Å². The number of amides is 1. The van der Waals surface area contributed by atoms with Gasteiger partial charge in [0.25, 0.3) is 0 Å². The van der Waals surface area contributed by atoms with Crippen molar-refractivity contribution < 1.29 is 14.7 Å². The lowest BCUT2D eigenvalue weighted by molar-refractivity contribution is -0.138. The maximum absolute atomic E-state index is 11.5. The number of carboxylic acids is 1. The highest BCUT2D eigenvalue weighted by atomic mass is 35.5. The van der Waals surface area contributed by atoms with E-state index in [-0.39, 0.29) is 37.4 Å². The highest BCUT2D eigenvalue weighted by Crippen LogP contribution is 2.17. The molecule has 1 atom stereocenters. The van der Waals surface area contributed by atoms with Gasteiger partial charge >= 0.3 is 5.97 Å². The quantitative estimate of drug-likeness (QED) is 0.827. The Morgan fingerprint density at radius 1 is 1.32 bits per heavy atom. The van der Waals surface area contributed by atoms with Crippen LogP contribution in [0.1, 0.15) is 18.5 Å². The van der Waals surface area contributed by atoms with Gasteiger partial charge in [-0.1, -0.05) is 30.3 Å². The minimum Gasteiger partial charge on any atom is -0.480 e. The number of likely N-dealkylation sites (N-methyl/N-ethyl adjacent to an activating group) is 1. The second-order valence-corrected chi connectivity index (χ2v) is 4.17. The molecule has 5 nitrogen and oxygen atoms in total. The van der Waals surface area contributed by atoms with Crippen molar-refractivity contribution in [2.45, 2.75) is 13.0 Å². The minimum absolute atomic E-state index is 0. The molecule has 0 aliphatic carbocycles. The summed E-state index contributed by atoms with van der Waals surface area (Å²) >= 11 is 0. The third-order valence-corrected chi connectivity index (χ3v) is 2.77. The van der Waals surface area contributed by atoms with Gasteiger partial charge in [0.2, 0.25) is 5.91 Å². The summed E-state index contributed by atoms with van der Waals surface area (Å²) in [4.78, 5) is 23.7. The van der Waals surface area contributed by atoms with Crippen LogP contribution >= 0.6 is 12.4 Å². The molecule has 0 saturated carbocycles. The second-order valence-electron chi connectivity index (χ2n) is 4.17. The zero-order valence-electron chi connectivity index (χ0n) is 11.0. The molecule has 1 unspecified atom stereocenters. The van der Waals surface area contributed by atoms with Gasteiger partial charge in [-0.3, -0.25) is 14.5 Å². The number of carbonyl (C=O) groups excluding carboxylic acids is 1. The van der Waals surface area contributed by atoms with Gasteiger partial charge in [-0.2, -0.15) is 0 Å². The number of nitrogens with one attached hydrogen (secondary N) is 1. The Labute approximate surface area is 119 Å². The zero-order chi connectivity index (χ0) is 13.5. The second kappa shape index (κ2) is 8.50. The highest BCUT2D eigenvalue weighted by Gasteiger charge is 2.14. The predicted molar refractivity (Wildman–Crippen MR) is 75.4 cm³/mol. The molecular formula is C13H19ClN2O3. The van der Waals surface area contributed by atoms with Crippen LogP contribution in [0.15, 0.2) is 30.3 Å². The molecule has 0 aliphatic heterocycles. The standard InChI is InChI=1S/C13H18N2O3.ClH/c1-10(11-6-4-3-5-7-11)15(2)9-12(16)14-8-13(17)18;/h3-7,10H,8-9H2,1-2H3,(H,14,16)(H,17,18);1H. The molecule has 0 saturated heterocycles. The Morgan fingerprint density at radius 2 is 1.89 bits per heavy atom. The molecule has 0 spiro atoms. The van der Waals surface area contributed by atoms with Crippen molar-refractivity contribution >= 4 is 24.3 Å². The van der Waals surface area contributed by atoms with Crippen LogP contribution in [0.2, 0.25) is 0 Å². The average Bonchev–Trinajstić information content (AvgIpc) is 2.36. The van der Waals surface area contributed by atoms with E-state index in [1.165, 1.54) is 0 Å². The third-order valence-electron chi connectivity index (χ3n) is 2.77. The smallest absolute Gasteiger partial charge is 0.322 e. The van der Waals surface area contributed by atoms with Crippen LogP contribution in [0, 0.1) is 0 Å². The van der Waals surface area contributed by atoms with E-state index < -0.39 is 5.97 Å². The van der Waals surface area contributed by atoms with Crippen LogP contribution in [0.5, 0.6) is 0 Å². The van der Waals surface area contributed by atoms with Gasteiger partial charge in [-0.25, -0.2) is 0 Å². The van der Waals surface area contributed by atoms with Crippen LogP contribution in [0.3, 0.4) is 0 Å². The fourth-order valence-corrected chi connectivity index (χ4v) is 1.58. The number of halogens is 1. The van der Waals surface area contributed by atoms with Crippen LogP contribution in [0.4, 0.5) is 0 Å². The number of rotatable bonds is 6. The summed E-state index contributed by atoms with van der Waals surface area (Å²) in [7, 11) is 1.83. The Morgan fingerprint density at radius 3 is 2.42 bits per heavy atom. The van der Waals surface area contributed by atoms with Gasteiger partial charge in [0.05, 0.1) is 6.54 Å². The SMILES string of the molecule is CC(c1ccccc1)N(C)CC(=O)NCC(=O)O.Cl. The molecule has 0 aliphatic rings. The molecule has 1 aromatic carbocycles. The molecule has 0 bridgehead atoms. The van der Waals surface area contributed by atoms with Crippen molar-refractivity contribution in [3.8, 4) is 0 Å². The highest BCUT2D eigenvalue weighted by molar-refractivity contribution is 5.85. The average molecular weight is 287 g/mol. The topological polar surface area (TPSA) is 69.6 Å². The summed E-state index contributed by atoms with van der Waals surface area (Å²) in [5.74, 6) is -1.33. The predicted octanol–water partition coefficient (Wildman–Crippen LogP) is 1.30. The number of nitrogens with zero attached hydrogens (tertiary/aromatic N) is 1. The molecule has 19 heavy (non-hydrogen) atoms. The maximum Gasteiger partial charge on any atom is 0.322 e. The molecule has 0 heterocycles. The number of hydrogen-bond acceptors (Lipinski definition) is 3. The fourth-order valence-electron chi connectivity index (χ4n) is 1.58. The maximum atomic E-state index is 11.5. The normalized spacial score (nSPS) is 11.5.